The van der Waals surface area contributed by atoms with Crippen LogP contribution in [0.25, 0.3) is 0 Å². The van der Waals surface area contributed by atoms with Gasteiger partial charge in [-0.15, -0.1) is 0 Å². The summed E-state index contributed by atoms with van der Waals surface area (Å²) in [6.07, 6.45) is 3.52. The van der Waals surface area contributed by atoms with Gasteiger partial charge in [-0.1, -0.05) is 17.7 Å². The molecule has 15 heavy (non-hydrogen) atoms. The van der Waals surface area contributed by atoms with E-state index in [1.165, 1.54) is 29.7 Å². The first-order valence-electron chi connectivity index (χ1n) is 5.64. The standard InChI is InChI=1S/C13H19NO/c1-10-3-6-13-11(9-10)4-5-12(14-13)7-8-15-2/h3,6,9,12,14H,4-5,7-8H2,1-2H3. The number of rotatable bonds is 3. The molecule has 82 valence electrons. The summed E-state index contributed by atoms with van der Waals surface area (Å²) >= 11 is 0. The summed E-state index contributed by atoms with van der Waals surface area (Å²) in [6.45, 7) is 3.00. The summed E-state index contributed by atoms with van der Waals surface area (Å²) in [4.78, 5) is 0. The summed E-state index contributed by atoms with van der Waals surface area (Å²) < 4.78 is 5.11. The van der Waals surface area contributed by atoms with E-state index in [0.717, 1.165) is 13.0 Å². The minimum absolute atomic E-state index is 0.583. The van der Waals surface area contributed by atoms with E-state index in [-0.39, 0.29) is 0 Å². The van der Waals surface area contributed by atoms with Gasteiger partial charge >= 0.3 is 0 Å². The molecule has 0 spiro atoms. The number of anilines is 1. The summed E-state index contributed by atoms with van der Waals surface area (Å²) in [5.74, 6) is 0. The van der Waals surface area contributed by atoms with Gasteiger partial charge in [-0.25, -0.2) is 0 Å². The first-order valence-corrected chi connectivity index (χ1v) is 5.64. The molecule has 1 heterocycles. The lowest BCUT2D eigenvalue weighted by molar-refractivity contribution is 0.188. The average molecular weight is 205 g/mol. The van der Waals surface area contributed by atoms with Crippen molar-refractivity contribution in [2.75, 3.05) is 19.0 Å². The Hall–Kier alpha value is -1.02. The quantitative estimate of drug-likeness (QED) is 0.819. The van der Waals surface area contributed by atoms with Gasteiger partial charge in [0.05, 0.1) is 0 Å². The molecule has 0 saturated heterocycles. The highest BCUT2D eigenvalue weighted by Gasteiger charge is 2.16. The molecule has 2 heteroatoms. The summed E-state index contributed by atoms with van der Waals surface area (Å²) in [6, 6.07) is 7.24. The highest BCUT2D eigenvalue weighted by molar-refractivity contribution is 5.55. The zero-order valence-electron chi connectivity index (χ0n) is 9.55. The predicted molar refractivity (Wildman–Crippen MR) is 63.4 cm³/mol. The fourth-order valence-electron chi connectivity index (χ4n) is 2.17. The van der Waals surface area contributed by atoms with Crippen LogP contribution in [0.3, 0.4) is 0 Å². The topological polar surface area (TPSA) is 21.3 Å². The maximum absolute atomic E-state index is 5.11. The lowest BCUT2D eigenvalue weighted by Gasteiger charge is -2.27. The Morgan fingerprint density at radius 1 is 1.47 bits per heavy atom. The number of aryl methyl sites for hydroxylation is 2. The molecule has 0 saturated carbocycles. The third-order valence-corrected chi connectivity index (χ3v) is 3.05. The SMILES string of the molecule is COCCC1CCc2cc(C)ccc2N1. The van der Waals surface area contributed by atoms with E-state index < -0.39 is 0 Å². The van der Waals surface area contributed by atoms with Gasteiger partial charge < -0.3 is 10.1 Å². The Balaban J connectivity index is 2.03. The van der Waals surface area contributed by atoms with Crippen molar-refractivity contribution in [3.8, 4) is 0 Å². The largest absolute Gasteiger partial charge is 0.385 e. The van der Waals surface area contributed by atoms with Crippen LogP contribution in [-0.4, -0.2) is 19.8 Å². The van der Waals surface area contributed by atoms with Crippen LogP contribution in [0, 0.1) is 6.92 Å². The number of ether oxygens (including phenoxy) is 1. The fraction of sp³-hybridized carbons (Fsp3) is 0.538. The van der Waals surface area contributed by atoms with Crippen molar-refractivity contribution in [2.45, 2.75) is 32.2 Å². The Labute approximate surface area is 91.6 Å². The second-order valence-electron chi connectivity index (χ2n) is 4.32. The third-order valence-electron chi connectivity index (χ3n) is 3.05. The maximum atomic E-state index is 5.11. The second-order valence-corrected chi connectivity index (χ2v) is 4.32. The predicted octanol–water partition coefficient (Wildman–Crippen LogP) is 2.76. The average Bonchev–Trinajstić information content (AvgIpc) is 2.26. The molecule has 2 rings (SSSR count). The fourth-order valence-corrected chi connectivity index (χ4v) is 2.17. The molecule has 0 bridgehead atoms. The van der Waals surface area contributed by atoms with Crippen LogP contribution >= 0.6 is 0 Å². The zero-order valence-corrected chi connectivity index (χ0v) is 9.55. The van der Waals surface area contributed by atoms with Gasteiger partial charge in [0.2, 0.25) is 0 Å². The minimum atomic E-state index is 0.583. The van der Waals surface area contributed by atoms with Crippen LogP contribution in [0.4, 0.5) is 5.69 Å². The highest BCUT2D eigenvalue weighted by atomic mass is 16.5. The first kappa shape index (κ1) is 10.5. The molecule has 1 unspecified atom stereocenters. The summed E-state index contributed by atoms with van der Waals surface area (Å²) in [7, 11) is 1.76. The van der Waals surface area contributed by atoms with Crippen molar-refractivity contribution in [1.82, 2.24) is 0 Å². The zero-order chi connectivity index (χ0) is 10.7. The van der Waals surface area contributed by atoms with Crippen molar-refractivity contribution < 1.29 is 4.74 Å². The van der Waals surface area contributed by atoms with E-state index in [4.69, 9.17) is 4.74 Å². The van der Waals surface area contributed by atoms with E-state index in [0.29, 0.717) is 6.04 Å². The van der Waals surface area contributed by atoms with Crippen LogP contribution in [0.1, 0.15) is 24.0 Å². The first-order chi connectivity index (χ1) is 7.29. The number of benzene rings is 1. The van der Waals surface area contributed by atoms with E-state index in [2.05, 4.69) is 30.4 Å². The van der Waals surface area contributed by atoms with Gasteiger partial charge in [0.25, 0.3) is 0 Å². The number of hydrogen-bond acceptors (Lipinski definition) is 2. The molecule has 0 aliphatic carbocycles. The minimum Gasteiger partial charge on any atom is -0.385 e. The Kier molecular flexibility index (Phi) is 3.27. The monoisotopic (exact) mass is 205 g/mol. The number of hydrogen-bond donors (Lipinski definition) is 1. The molecular weight excluding hydrogens is 186 g/mol. The van der Waals surface area contributed by atoms with Gasteiger partial charge in [0.1, 0.15) is 0 Å². The molecule has 1 N–H and O–H groups in total. The smallest absolute Gasteiger partial charge is 0.0481 e. The van der Waals surface area contributed by atoms with Crippen molar-refractivity contribution in [1.29, 1.82) is 0 Å². The third kappa shape index (κ3) is 2.51. The molecule has 0 fully saturated rings. The molecule has 1 aliphatic heterocycles. The molecule has 1 atom stereocenters. The number of fused-ring (bicyclic) bond motifs is 1. The van der Waals surface area contributed by atoms with Crippen LogP contribution in [-0.2, 0) is 11.2 Å². The lowest BCUT2D eigenvalue weighted by Crippen LogP contribution is -2.26. The summed E-state index contributed by atoms with van der Waals surface area (Å²) in [5, 5.41) is 3.58. The van der Waals surface area contributed by atoms with Crippen molar-refractivity contribution >= 4 is 5.69 Å². The van der Waals surface area contributed by atoms with Gasteiger partial charge in [-0.05, 0) is 37.8 Å². The molecule has 1 aromatic carbocycles. The highest BCUT2D eigenvalue weighted by Crippen LogP contribution is 2.26. The van der Waals surface area contributed by atoms with Crippen LogP contribution in [0.15, 0.2) is 18.2 Å². The van der Waals surface area contributed by atoms with Crippen LogP contribution in [0.2, 0.25) is 0 Å². The van der Waals surface area contributed by atoms with Crippen molar-refractivity contribution in [2.24, 2.45) is 0 Å². The van der Waals surface area contributed by atoms with Gasteiger partial charge in [-0.2, -0.15) is 0 Å². The molecule has 0 radical (unpaired) electrons. The Morgan fingerprint density at radius 2 is 2.33 bits per heavy atom. The van der Waals surface area contributed by atoms with Crippen LogP contribution < -0.4 is 5.32 Å². The molecule has 1 aromatic rings. The number of methoxy groups -OCH3 is 1. The molecule has 0 aromatic heterocycles. The second kappa shape index (κ2) is 4.67. The number of nitrogens with one attached hydrogen (secondary N) is 1. The molecule has 1 aliphatic rings. The van der Waals surface area contributed by atoms with E-state index >= 15 is 0 Å². The van der Waals surface area contributed by atoms with E-state index in [1.807, 2.05) is 0 Å². The molecule has 2 nitrogen and oxygen atoms in total. The summed E-state index contributed by atoms with van der Waals surface area (Å²) in [5.41, 5.74) is 4.13. The van der Waals surface area contributed by atoms with Crippen LogP contribution in [0.5, 0.6) is 0 Å². The lowest BCUT2D eigenvalue weighted by atomic mass is 9.95. The van der Waals surface area contributed by atoms with Gasteiger partial charge in [0, 0.05) is 25.4 Å². The van der Waals surface area contributed by atoms with Crippen molar-refractivity contribution in [3.63, 3.8) is 0 Å². The Bertz CT molecular complexity index is 335. The van der Waals surface area contributed by atoms with Gasteiger partial charge in [0.15, 0.2) is 0 Å². The van der Waals surface area contributed by atoms with Crippen molar-refractivity contribution in [3.05, 3.63) is 29.3 Å². The molecular formula is C13H19NO. The van der Waals surface area contributed by atoms with E-state index in [9.17, 15) is 0 Å². The Morgan fingerprint density at radius 3 is 3.13 bits per heavy atom. The normalized spacial score (nSPS) is 19.5. The molecule has 0 amide bonds. The maximum Gasteiger partial charge on any atom is 0.0481 e. The van der Waals surface area contributed by atoms with E-state index in [1.54, 1.807) is 7.11 Å². The van der Waals surface area contributed by atoms with Gasteiger partial charge in [-0.3, -0.25) is 0 Å².